The number of furan rings is 1. The smallest absolute Gasteiger partial charge is 0.187 e. The van der Waals surface area contributed by atoms with Crippen molar-refractivity contribution in [2.24, 2.45) is 0 Å². The summed E-state index contributed by atoms with van der Waals surface area (Å²) in [6.45, 7) is 16.3. The van der Waals surface area contributed by atoms with E-state index in [0.29, 0.717) is 23.1 Å². The molecule has 0 spiro atoms. The summed E-state index contributed by atoms with van der Waals surface area (Å²) in [6, 6.07) is 57.1. The van der Waals surface area contributed by atoms with Crippen molar-refractivity contribution in [2.45, 2.75) is 39.5 Å². The SMILES string of the molecule is [C-]#[N+]c1ccc(N(c2ccc(C(C)C)cc2)c2ccc3cc4c(cc3c2)oc2cc3cc(N(c5ccc(C#N)cc5)c5ccc(C(C)C)cc5)ccc3cc24)cc1. The number of fused-ring (bicyclic) bond motifs is 5. The third-order valence-electron chi connectivity index (χ3n) is 11.0. The molecular weight excluding hydrogens is 697 g/mol. The standard InChI is InChI=1S/C52H40N4O/c1-33(2)36-8-18-44(19-9-36)55(43-16-6-35(32-53)7-17-43)47-22-12-38-28-49-50-29-39-13-23-48(27-41(39)31-52(50)57-51(49)30-40(38)26-47)56(46-24-14-42(54-5)15-25-46)45-20-10-37(11-21-45)34(3)4/h6-31,33-34H,1-4H3. The molecule has 9 rings (SSSR count). The number of nitrogens with zero attached hydrogens (tertiary/aromatic N) is 4. The maximum absolute atomic E-state index is 9.47. The van der Waals surface area contributed by atoms with Crippen molar-refractivity contribution in [1.82, 2.24) is 0 Å². The molecule has 9 aromatic rings. The van der Waals surface area contributed by atoms with E-state index < -0.39 is 0 Å². The second-order valence-corrected chi connectivity index (χ2v) is 15.3. The molecule has 57 heavy (non-hydrogen) atoms. The van der Waals surface area contributed by atoms with Gasteiger partial charge in [0.05, 0.1) is 18.2 Å². The second kappa shape index (κ2) is 14.4. The van der Waals surface area contributed by atoms with Gasteiger partial charge in [0.1, 0.15) is 11.2 Å². The van der Waals surface area contributed by atoms with Crippen molar-refractivity contribution in [3.8, 4) is 6.07 Å². The van der Waals surface area contributed by atoms with E-state index in [1.807, 2.05) is 48.5 Å². The molecule has 0 atom stereocenters. The van der Waals surface area contributed by atoms with Gasteiger partial charge in [0.25, 0.3) is 0 Å². The van der Waals surface area contributed by atoms with Gasteiger partial charge in [-0.25, -0.2) is 4.85 Å². The van der Waals surface area contributed by atoms with Crippen molar-refractivity contribution in [3.63, 3.8) is 0 Å². The second-order valence-electron chi connectivity index (χ2n) is 15.3. The van der Waals surface area contributed by atoms with Crippen LogP contribution in [0.1, 0.15) is 56.2 Å². The molecular formula is C52H40N4O. The number of hydrogen-bond donors (Lipinski definition) is 0. The van der Waals surface area contributed by atoms with Gasteiger partial charge in [0.2, 0.25) is 0 Å². The molecule has 0 unspecified atom stereocenters. The minimum absolute atomic E-state index is 0.436. The van der Waals surface area contributed by atoms with Gasteiger partial charge in [-0.15, -0.1) is 0 Å². The molecule has 0 N–H and O–H groups in total. The molecule has 0 aliphatic rings. The third kappa shape index (κ3) is 6.60. The fraction of sp³-hybridized carbons (Fsp3) is 0.115. The lowest BCUT2D eigenvalue weighted by atomic mass is 10.0. The Bertz CT molecular complexity index is 2810. The van der Waals surface area contributed by atoms with Crippen LogP contribution in [-0.4, -0.2) is 0 Å². The van der Waals surface area contributed by atoms with Crippen molar-refractivity contribution in [3.05, 3.63) is 186 Å². The van der Waals surface area contributed by atoms with Crippen LogP contribution in [-0.2, 0) is 0 Å². The zero-order chi connectivity index (χ0) is 39.2. The highest BCUT2D eigenvalue weighted by Crippen LogP contribution is 2.42. The minimum atomic E-state index is 0.436. The highest BCUT2D eigenvalue weighted by molar-refractivity contribution is 6.14. The van der Waals surface area contributed by atoms with Crippen LogP contribution in [0.4, 0.5) is 39.8 Å². The number of benzene rings is 8. The molecule has 0 aliphatic carbocycles. The summed E-state index contributed by atoms with van der Waals surface area (Å²) in [5.41, 5.74) is 11.6. The van der Waals surface area contributed by atoms with Gasteiger partial charge in [-0.1, -0.05) is 76.2 Å². The van der Waals surface area contributed by atoms with Crippen LogP contribution >= 0.6 is 0 Å². The van der Waals surface area contributed by atoms with Gasteiger partial charge in [-0.3, -0.25) is 0 Å². The Morgan fingerprint density at radius 2 is 0.860 bits per heavy atom. The zero-order valence-corrected chi connectivity index (χ0v) is 32.4. The van der Waals surface area contributed by atoms with Crippen LogP contribution in [0.3, 0.4) is 0 Å². The first kappa shape index (κ1) is 35.4. The number of nitriles is 1. The van der Waals surface area contributed by atoms with Gasteiger partial charge >= 0.3 is 0 Å². The van der Waals surface area contributed by atoms with Crippen molar-refractivity contribution in [1.29, 1.82) is 5.26 Å². The molecule has 1 heterocycles. The largest absolute Gasteiger partial charge is 0.456 e. The Hall–Kier alpha value is -7.34. The number of hydrogen-bond acceptors (Lipinski definition) is 4. The van der Waals surface area contributed by atoms with Crippen LogP contribution in [0.25, 0.3) is 48.3 Å². The summed E-state index contributed by atoms with van der Waals surface area (Å²) in [7, 11) is 0. The molecule has 5 nitrogen and oxygen atoms in total. The molecule has 274 valence electrons. The predicted molar refractivity (Wildman–Crippen MR) is 237 cm³/mol. The molecule has 0 amide bonds. The predicted octanol–water partition coefficient (Wildman–Crippen LogP) is 15.5. The summed E-state index contributed by atoms with van der Waals surface area (Å²) in [6.07, 6.45) is 0. The zero-order valence-electron chi connectivity index (χ0n) is 32.4. The first-order valence-corrected chi connectivity index (χ1v) is 19.4. The van der Waals surface area contributed by atoms with Gasteiger partial charge in [0, 0.05) is 44.9 Å². The summed E-state index contributed by atoms with van der Waals surface area (Å²) < 4.78 is 6.64. The monoisotopic (exact) mass is 736 g/mol. The molecule has 0 saturated heterocycles. The summed E-state index contributed by atoms with van der Waals surface area (Å²) in [5, 5.41) is 16.0. The van der Waals surface area contributed by atoms with E-state index in [1.54, 1.807) is 0 Å². The molecule has 0 radical (unpaired) electrons. The lowest BCUT2D eigenvalue weighted by Crippen LogP contribution is -2.10. The Kier molecular flexibility index (Phi) is 8.92. The molecule has 1 aromatic heterocycles. The molecule has 0 aliphatic heterocycles. The van der Waals surface area contributed by atoms with E-state index in [2.05, 4.69) is 158 Å². The van der Waals surface area contributed by atoms with Gasteiger partial charge in [-0.05, 0) is 154 Å². The Morgan fingerprint density at radius 3 is 1.25 bits per heavy atom. The Morgan fingerprint density at radius 1 is 0.474 bits per heavy atom. The van der Waals surface area contributed by atoms with E-state index >= 15 is 0 Å². The van der Waals surface area contributed by atoms with Gasteiger partial charge < -0.3 is 14.2 Å². The number of anilines is 6. The van der Waals surface area contributed by atoms with Crippen LogP contribution in [0.5, 0.6) is 0 Å². The third-order valence-corrected chi connectivity index (χ3v) is 11.0. The average Bonchev–Trinajstić information content (AvgIpc) is 3.58. The lowest BCUT2D eigenvalue weighted by molar-refractivity contribution is 0.670. The minimum Gasteiger partial charge on any atom is -0.456 e. The quantitative estimate of drug-likeness (QED) is 0.146. The van der Waals surface area contributed by atoms with Crippen LogP contribution < -0.4 is 9.80 Å². The van der Waals surface area contributed by atoms with Gasteiger partial charge in [0.15, 0.2) is 5.69 Å². The topological polar surface area (TPSA) is 47.8 Å². The maximum Gasteiger partial charge on any atom is 0.187 e. The molecule has 8 aromatic carbocycles. The first-order chi connectivity index (χ1) is 27.8. The highest BCUT2D eigenvalue weighted by atomic mass is 16.3. The molecule has 5 heteroatoms. The van der Waals surface area contributed by atoms with E-state index in [0.717, 1.165) is 77.6 Å². The van der Waals surface area contributed by atoms with E-state index in [1.165, 1.54) is 11.1 Å². The lowest BCUT2D eigenvalue weighted by Gasteiger charge is -2.26. The Labute approximate surface area is 333 Å². The fourth-order valence-electron chi connectivity index (χ4n) is 7.79. The highest BCUT2D eigenvalue weighted by Gasteiger charge is 2.18. The van der Waals surface area contributed by atoms with E-state index in [9.17, 15) is 5.26 Å². The van der Waals surface area contributed by atoms with Crippen molar-refractivity contribution >= 4 is 83.3 Å². The van der Waals surface area contributed by atoms with Gasteiger partial charge in [-0.2, -0.15) is 5.26 Å². The van der Waals surface area contributed by atoms with Crippen LogP contribution in [0.15, 0.2) is 162 Å². The van der Waals surface area contributed by atoms with Crippen molar-refractivity contribution in [2.75, 3.05) is 9.80 Å². The fourth-order valence-corrected chi connectivity index (χ4v) is 7.79. The molecule has 0 bridgehead atoms. The summed E-state index contributed by atoms with van der Waals surface area (Å²) in [4.78, 5) is 8.09. The normalized spacial score (nSPS) is 11.4. The molecule has 0 saturated carbocycles. The molecule has 0 fully saturated rings. The van der Waals surface area contributed by atoms with Crippen LogP contribution in [0.2, 0.25) is 0 Å². The van der Waals surface area contributed by atoms with E-state index in [-0.39, 0.29) is 0 Å². The summed E-state index contributed by atoms with van der Waals surface area (Å²) >= 11 is 0. The van der Waals surface area contributed by atoms with Crippen molar-refractivity contribution < 1.29 is 4.42 Å². The van der Waals surface area contributed by atoms with Crippen LogP contribution in [0, 0.1) is 17.9 Å². The first-order valence-electron chi connectivity index (χ1n) is 19.4. The van der Waals surface area contributed by atoms with E-state index in [4.69, 9.17) is 11.0 Å². The summed E-state index contributed by atoms with van der Waals surface area (Å²) in [5.74, 6) is 0.874. The Balaban J connectivity index is 1.13. The average molecular weight is 737 g/mol. The number of rotatable bonds is 8. The maximum atomic E-state index is 9.47.